The Labute approximate surface area is 119 Å². The van der Waals surface area contributed by atoms with Gasteiger partial charge in [-0.15, -0.1) is 0 Å². The molecule has 1 rings (SSSR count). The molecule has 20 heavy (non-hydrogen) atoms. The highest BCUT2D eigenvalue weighted by atomic mass is 16.2. The van der Waals surface area contributed by atoms with E-state index in [1.54, 1.807) is 31.2 Å². The Kier molecular flexibility index (Phi) is 5.13. The van der Waals surface area contributed by atoms with Crippen molar-refractivity contribution in [3.8, 4) is 0 Å². The van der Waals surface area contributed by atoms with Crippen LogP contribution in [0, 0.1) is 0 Å². The van der Waals surface area contributed by atoms with E-state index in [4.69, 9.17) is 5.73 Å². The van der Waals surface area contributed by atoms with E-state index >= 15 is 0 Å². The minimum atomic E-state index is -0.560. The largest absolute Gasteiger partial charge is 0.399 e. The molecule has 0 spiro atoms. The summed E-state index contributed by atoms with van der Waals surface area (Å²) in [5.74, 6) is -0.380. The molecule has 1 aromatic carbocycles. The molecule has 1 atom stereocenters. The molecule has 0 saturated carbocycles. The maximum Gasteiger partial charge on any atom is 0.242 e. The second-order valence-corrected chi connectivity index (χ2v) is 5.95. The molecule has 0 aromatic heterocycles. The van der Waals surface area contributed by atoms with Gasteiger partial charge in [-0.2, -0.15) is 0 Å². The molecule has 110 valence electrons. The van der Waals surface area contributed by atoms with Crippen molar-refractivity contribution < 1.29 is 9.59 Å². The molecule has 5 heteroatoms. The number of anilines is 1. The zero-order valence-electron chi connectivity index (χ0n) is 12.5. The van der Waals surface area contributed by atoms with Gasteiger partial charge in [0.15, 0.2) is 0 Å². The van der Waals surface area contributed by atoms with Crippen LogP contribution >= 0.6 is 0 Å². The normalized spacial score (nSPS) is 12.6. The van der Waals surface area contributed by atoms with Crippen molar-refractivity contribution in [3.63, 3.8) is 0 Å². The predicted molar refractivity (Wildman–Crippen MR) is 80.1 cm³/mol. The molecule has 0 aliphatic carbocycles. The Morgan fingerprint density at radius 3 is 2.25 bits per heavy atom. The lowest BCUT2D eigenvalue weighted by Crippen LogP contribution is -2.51. The molecule has 0 aliphatic heterocycles. The minimum absolute atomic E-state index is 0.189. The van der Waals surface area contributed by atoms with E-state index in [0.717, 1.165) is 5.56 Å². The highest BCUT2D eigenvalue weighted by Gasteiger charge is 2.20. The van der Waals surface area contributed by atoms with Crippen molar-refractivity contribution in [2.45, 2.75) is 45.7 Å². The lowest BCUT2D eigenvalue weighted by Gasteiger charge is -2.23. The Morgan fingerprint density at radius 1 is 1.20 bits per heavy atom. The number of carbonyl (C=O) groups is 2. The van der Waals surface area contributed by atoms with Crippen molar-refractivity contribution in [1.82, 2.24) is 10.6 Å². The van der Waals surface area contributed by atoms with E-state index in [1.165, 1.54) is 0 Å². The van der Waals surface area contributed by atoms with Gasteiger partial charge in [0.2, 0.25) is 11.8 Å². The minimum Gasteiger partial charge on any atom is -0.399 e. The van der Waals surface area contributed by atoms with Gasteiger partial charge in [-0.1, -0.05) is 12.1 Å². The van der Waals surface area contributed by atoms with Crippen molar-refractivity contribution in [2.75, 3.05) is 5.73 Å². The number of nitrogen functional groups attached to an aromatic ring is 1. The maximum atomic E-state index is 11.9. The van der Waals surface area contributed by atoms with Crippen LogP contribution in [0.4, 0.5) is 5.69 Å². The van der Waals surface area contributed by atoms with Gasteiger partial charge in [0.1, 0.15) is 6.04 Å². The van der Waals surface area contributed by atoms with Crippen molar-refractivity contribution in [2.24, 2.45) is 0 Å². The highest BCUT2D eigenvalue weighted by molar-refractivity contribution is 5.88. The first kappa shape index (κ1) is 16.0. The number of nitrogens with two attached hydrogens (primary N) is 1. The molecule has 1 unspecified atom stereocenters. The van der Waals surface area contributed by atoms with E-state index in [0.29, 0.717) is 5.69 Å². The Morgan fingerprint density at radius 2 is 1.75 bits per heavy atom. The zero-order valence-corrected chi connectivity index (χ0v) is 12.5. The second kappa shape index (κ2) is 6.41. The summed E-state index contributed by atoms with van der Waals surface area (Å²) in [5, 5.41) is 5.51. The van der Waals surface area contributed by atoms with Crippen LogP contribution < -0.4 is 16.4 Å². The predicted octanol–water partition coefficient (Wildman–Crippen LogP) is 1.23. The number of benzene rings is 1. The molecule has 0 radical (unpaired) electrons. The van der Waals surface area contributed by atoms with Crippen LogP contribution in [0.5, 0.6) is 0 Å². The molecule has 0 heterocycles. The van der Waals surface area contributed by atoms with E-state index in [9.17, 15) is 9.59 Å². The lowest BCUT2D eigenvalue weighted by atomic mass is 10.1. The average molecular weight is 277 g/mol. The Hall–Kier alpha value is -2.04. The number of carbonyl (C=O) groups excluding carboxylic acids is 2. The second-order valence-electron chi connectivity index (χ2n) is 5.95. The van der Waals surface area contributed by atoms with Crippen molar-refractivity contribution in [3.05, 3.63) is 29.8 Å². The zero-order chi connectivity index (χ0) is 15.3. The van der Waals surface area contributed by atoms with Crippen LogP contribution in [-0.2, 0) is 16.0 Å². The van der Waals surface area contributed by atoms with Gasteiger partial charge in [0, 0.05) is 11.2 Å². The van der Waals surface area contributed by atoms with Gasteiger partial charge < -0.3 is 16.4 Å². The third-order valence-corrected chi connectivity index (χ3v) is 2.61. The summed E-state index contributed by atoms with van der Waals surface area (Å²) in [6.45, 7) is 7.36. The molecule has 0 fully saturated rings. The van der Waals surface area contributed by atoms with Gasteiger partial charge >= 0.3 is 0 Å². The van der Waals surface area contributed by atoms with Gasteiger partial charge in [-0.25, -0.2) is 0 Å². The summed E-state index contributed by atoms with van der Waals surface area (Å²) >= 11 is 0. The first-order valence-electron chi connectivity index (χ1n) is 6.63. The summed E-state index contributed by atoms with van der Waals surface area (Å²) in [6.07, 6.45) is 0.230. The number of rotatable bonds is 4. The molecule has 5 nitrogen and oxygen atoms in total. The van der Waals surface area contributed by atoms with Gasteiger partial charge in [0.05, 0.1) is 6.42 Å². The smallest absolute Gasteiger partial charge is 0.242 e. The first-order valence-corrected chi connectivity index (χ1v) is 6.63. The quantitative estimate of drug-likeness (QED) is 0.724. The third-order valence-electron chi connectivity index (χ3n) is 2.61. The molecular formula is C15H23N3O2. The standard InChI is InChI=1S/C15H23N3O2/c1-10(14(20)18-15(2,3)4)17-13(19)9-11-5-7-12(16)8-6-11/h5-8,10H,9,16H2,1-4H3,(H,17,19)(H,18,20). The monoisotopic (exact) mass is 277 g/mol. The SMILES string of the molecule is CC(NC(=O)Cc1ccc(N)cc1)C(=O)NC(C)(C)C. The fraction of sp³-hybridized carbons (Fsp3) is 0.467. The fourth-order valence-electron chi connectivity index (χ4n) is 1.66. The van der Waals surface area contributed by atoms with Gasteiger partial charge in [-0.3, -0.25) is 9.59 Å². The fourth-order valence-corrected chi connectivity index (χ4v) is 1.66. The van der Waals surface area contributed by atoms with E-state index in [-0.39, 0.29) is 23.8 Å². The highest BCUT2D eigenvalue weighted by Crippen LogP contribution is 2.06. The molecular weight excluding hydrogens is 254 g/mol. The molecule has 4 N–H and O–H groups in total. The molecule has 1 aromatic rings. The number of hydrogen-bond acceptors (Lipinski definition) is 3. The van der Waals surface area contributed by atoms with Crippen molar-refractivity contribution >= 4 is 17.5 Å². The van der Waals surface area contributed by atoms with Crippen LogP contribution in [0.25, 0.3) is 0 Å². The van der Waals surface area contributed by atoms with E-state index in [1.807, 2.05) is 20.8 Å². The van der Waals surface area contributed by atoms with Crippen LogP contribution in [0.3, 0.4) is 0 Å². The van der Waals surface area contributed by atoms with Crippen LogP contribution in [0.1, 0.15) is 33.3 Å². The van der Waals surface area contributed by atoms with Crippen LogP contribution in [0.2, 0.25) is 0 Å². The number of amides is 2. The Balaban J connectivity index is 2.49. The summed E-state index contributed by atoms with van der Waals surface area (Å²) < 4.78 is 0. The summed E-state index contributed by atoms with van der Waals surface area (Å²) in [6, 6.07) is 6.54. The van der Waals surface area contributed by atoms with E-state index in [2.05, 4.69) is 10.6 Å². The van der Waals surface area contributed by atoms with Crippen LogP contribution in [0.15, 0.2) is 24.3 Å². The van der Waals surface area contributed by atoms with Gasteiger partial charge in [0.25, 0.3) is 0 Å². The molecule has 0 aliphatic rings. The van der Waals surface area contributed by atoms with Crippen molar-refractivity contribution in [1.29, 1.82) is 0 Å². The first-order chi connectivity index (χ1) is 9.17. The molecule has 0 saturated heterocycles. The van der Waals surface area contributed by atoms with E-state index < -0.39 is 6.04 Å². The molecule has 0 bridgehead atoms. The summed E-state index contributed by atoms with van der Waals surface area (Å²) in [4.78, 5) is 23.7. The third kappa shape index (κ3) is 5.73. The molecule has 2 amide bonds. The van der Waals surface area contributed by atoms with Crippen LogP contribution in [-0.4, -0.2) is 23.4 Å². The number of nitrogens with one attached hydrogen (secondary N) is 2. The lowest BCUT2D eigenvalue weighted by molar-refractivity contribution is -0.129. The topological polar surface area (TPSA) is 84.2 Å². The summed E-state index contributed by atoms with van der Waals surface area (Å²) in [5.41, 5.74) is 6.79. The number of hydrogen-bond donors (Lipinski definition) is 3. The van der Waals surface area contributed by atoms with Gasteiger partial charge in [-0.05, 0) is 45.4 Å². The maximum absolute atomic E-state index is 11.9. The summed E-state index contributed by atoms with van der Waals surface area (Å²) in [7, 11) is 0. The Bertz CT molecular complexity index is 475. The average Bonchev–Trinajstić information content (AvgIpc) is 2.29.